The highest BCUT2D eigenvalue weighted by Gasteiger charge is 2.58. The topological polar surface area (TPSA) is 94.9 Å². The molecule has 0 unspecified atom stereocenters. The van der Waals surface area contributed by atoms with Crippen LogP contribution in [0.2, 0.25) is 0 Å². The highest BCUT2D eigenvalue weighted by Crippen LogP contribution is 2.35. The molecule has 31 heavy (non-hydrogen) atoms. The van der Waals surface area contributed by atoms with Crippen LogP contribution in [0.1, 0.15) is 5.56 Å². The zero-order chi connectivity index (χ0) is 23.2. The van der Waals surface area contributed by atoms with Crippen molar-refractivity contribution in [2.75, 3.05) is 20.8 Å². The second kappa shape index (κ2) is 9.49. The number of hydrogen-bond donors (Lipinski definition) is 1. The van der Waals surface area contributed by atoms with Crippen LogP contribution < -0.4 is 14.8 Å². The molecule has 8 nitrogen and oxygen atoms in total. The fraction of sp³-hybridized carbons (Fsp3) is 0.294. The van der Waals surface area contributed by atoms with Gasteiger partial charge < -0.3 is 19.6 Å². The van der Waals surface area contributed by atoms with Crippen LogP contribution in [-0.4, -0.2) is 54.5 Å². The average Bonchev–Trinajstić information content (AvgIpc) is 2.70. The summed E-state index contributed by atoms with van der Waals surface area (Å²) in [5, 5.41) is 5.83. The molecule has 168 valence electrons. The van der Waals surface area contributed by atoms with Gasteiger partial charge in [0.25, 0.3) is 5.91 Å². The molecular formula is C17H14F6N4O4. The van der Waals surface area contributed by atoms with Crippen LogP contribution in [0, 0.1) is 5.82 Å². The van der Waals surface area contributed by atoms with Crippen molar-refractivity contribution in [3.8, 4) is 17.6 Å². The molecule has 0 aliphatic heterocycles. The molecule has 1 aromatic heterocycles. The van der Waals surface area contributed by atoms with Gasteiger partial charge in [-0.15, -0.1) is 0 Å². The number of nitrogens with one attached hydrogen (secondary N) is 1. The van der Waals surface area contributed by atoms with Gasteiger partial charge in [0.15, 0.2) is 12.3 Å². The molecule has 0 atom stereocenters. The molecule has 0 saturated heterocycles. The predicted molar refractivity (Wildman–Crippen MR) is 92.6 cm³/mol. The smallest absolute Gasteiger partial charge is 0.456 e. The quantitative estimate of drug-likeness (QED) is 0.376. The van der Waals surface area contributed by atoms with E-state index in [2.05, 4.69) is 30.0 Å². The molecule has 1 N–H and O–H groups in total. The average molecular weight is 452 g/mol. The zero-order valence-corrected chi connectivity index (χ0v) is 15.8. The van der Waals surface area contributed by atoms with Crippen LogP contribution in [0.3, 0.4) is 0 Å². The Morgan fingerprint density at radius 1 is 1.19 bits per heavy atom. The van der Waals surface area contributed by atoms with Crippen molar-refractivity contribution >= 4 is 11.6 Å². The number of rotatable bonds is 8. The molecule has 0 spiro atoms. The molecule has 0 bridgehead atoms. The van der Waals surface area contributed by atoms with Gasteiger partial charge in [-0.25, -0.2) is 9.37 Å². The van der Waals surface area contributed by atoms with Gasteiger partial charge in [0.1, 0.15) is 18.7 Å². The first-order valence-corrected chi connectivity index (χ1v) is 8.20. The first kappa shape index (κ1) is 23.7. The molecule has 0 aliphatic carbocycles. The fourth-order valence-electron chi connectivity index (χ4n) is 2.00. The summed E-state index contributed by atoms with van der Waals surface area (Å²) >= 11 is 0. The highest BCUT2D eigenvalue weighted by molar-refractivity contribution is 6.45. The van der Waals surface area contributed by atoms with Crippen molar-refractivity contribution in [1.29, 1.82) is 0 Å². The van der Waals surface area contributed by atoms with Crippen molar-refractivity contribution in [3.05, 3.63) is 41.8 Å². The van der Waals surface area contributed by atoms with Gasteiger partial charge in [-0.3, -0.25) is 4.79 Å². The molecule has 2 aromatic rings. The van der Waals surface area contributed by atoms with Gasteiger partial charge in [0.05, 0.1) is 5.56 Å². The number of alkyl halides is 5. The van der Waals surface area contributed by atoms with Crippen LogP contribution in [0.5, 0.6) is 17.6 Å². The third-order valence-corrected chi connectivity index (χ3v) is 3.45. The minimum Gasteiger partial charge on any atom is -0.471 e. The normalized spacial score (nSPS) is 12.3. The van der Waals surface area contributed by atoms with Gasteiger partial charge in [-0.1, -0.05) is 5.16 Å². The first-order chi connectivity index (χ1) is 14.5. The summed E-state index contributed by atoms with van der Waals surface area (Å²) in [7, 11) is 2.46. The Hall–Kier alpha value is -3.58. The summed E-state index contributed by atoms with van der Waals surface area (Å²) in [4.78, 5) is 23.8. The highest BCUT2D eigenvalue weighted by atomic mass is 19.4. The van der Waals surface area contributed by atoms with Gasteiger partial charge in [-0.2, -0.15) is 26.9 Å². The molecular weight excluding hydrogens is 438 g/mol. The second-order valence-corrected chi connectivity index (χ2v) is 5.61. The van der Waals surface area contributed by atoms with Crippen LogP contribution in [0.25, 0.3) is 0 Å². The number of likely N-dealkylation sites (N-methyl/N-ethyl adjacent to an activating group) is 1. The van der Waals surface area contributed by atoms with E-state index < -0.39 is 42.3 Å². The Morgan fingerprint density at radius 3 is 2.52 bits per heavy atom. The SMILES string of the molecule is CNC(=O)C(=NOC)c1ccc(F)cc1Oc1nccc(OCC(F)(F)C(F)(F)F)n1. The molecule has 2 rings (SSSR count). The van der Waals surface area contributed by atoms with E-state index in [1.54, 1.807) is 0 Å². The summed E-state index contributed by atoms with van der Waals surface area (Å²) in [6, 6.07) is 3.30. The molecule has 0 radical (unpaired) electrons. The lowest BCUT2D eigenvalue weighted by molar-refractivity contribution is -0.290. The lowest BCUT2D eigenvalue weighted by Crippen LogP contribution is -2.41. The van der Waals surface area contributed by atoms with Crippen LogP contribution in [0.15, 0.2) is 35.6 Å². The predicted octanol–water partition coefficient (Wildman–Crippen LogP) is 3.08. The Kier molecular flexibility index (Phi) is 7.25. The lowest BCUT2D eigenvalue weighted by atomic mass is 10.1. The third-order valence-electron chi connectivity index (χ3n) is 3.45. The number of carbonyl (C=O) groups is 1. The molecule has 0 aliphatic rings. The second-order valence-electron chi connectivity index (χ2n) is 5.61. The molecule has 14 heteroatoms. The summed E-state index contributed by atoms with van der Waals surface area (Å²) < 4.78 is 86.1. The maximum Gasteiger partial charge on any atom is 0.456 e. The van der Waals surface area contributed by atoms with E-state index in [0.29, 0.717) is 0 Å². The van der Waals surface area contributed by atoms with E-state index >= 15 is 0 Å². The van der Waals surface area contributed by atoms with Crippen molar-refractivity contribution in [2.24, 2.45) is 5.16 Å². The number of ether oxygens (including phenoxy) is 2. The van der Waals surface area contributed by atoms with E-state index in [1.807, 2.05) is 0 Å². The van der Waals surface area contributed by atoms with Crippen molar-refractivity contribution < 1.29 is 45.4 Å². The van der Waals surface area contributed by atoms with E-state index in [4.69, 9.17) is 4.74 Å². The Balaban J connectivity index is 2.31. The van der Waals surface area contributed by atoms with Gasteiger partial charge in [0.2, 0.25) is 5.88 Å². The molecule has 1 heterocycles. The Morgan fingerprint density at radius 2 is 1.90 bits per heavy atom. The number of aromatic nitrogens is 2. The summed E-state index contributed by atoms with van der Waals surface area (Å²) in [5.74, 6) is -7.61. The zero-order valence-electron chi connectivity index (χ0n) is 15.8. The first-order valence-electron chi connectivity index (χ1n) is 8.20. The van der Waals surface area contributed by atoms with E-state index in [0.717, 1.165) is 37.6 Å². The number of nitrogens with zero attached hydrogens (tertiary/aromatic N) is 3. The number of benzene rings is 1. The monoisotopic (exact) mass is 452 g/mol. The van der Waals surface area contributed by atoms with Crippen LogP contribution in [-0.2, 0) is 9.63 Å². The van der Waals surface area contributed by atoms with Crippen LogP contribution >= 0.6 is 0 Å². The summed E-state index contributed by atoms with van der Waals surface area (Å²) in [6.07, 6.45) is -4.86. The molecule has 1 aromatic carbocycles. The largest absolute Gasteiger partial charge is 0.471 e. The van der Waals surface area contributed by atoms with Gasteiger partial charge in [0, 0.05) is 25.4 Å². The summed E-state index contributed by atoms with van der Waals surface area (Å²) in [5.41, 5.74) is -0.363. The fourth-order valence-corrected chi connectivity index (χ4v) is 2.00. The number of amides is 1. The lowest BCUT2D eigenvalue weighted by Gasteiger charge is -2.19. The van der Waals surface area contributed by atoms with E-state index in [9.17, 15) is 31.1 Å². The van der Waals surface area contributed by atoms with Gasteiger partial charge in [-0.05, 0) is 12.1 Å². The minimum atomic E-state index is -5.81. The molecule has 0 saturated carbocycles. The maximum absolute atomic E-state index is 13.7. The van der Waals surface area contributed by atoms with E-state index in [-0.39, 0.29) is 17.0 Å². The van der Waals surface area contributed by atoms with Crippen LogP contribution in [0.4, 0.5) is 26.3 Å². The molecule has 0 fully saturated rings. The number of hydrogen-bond acceptors (Lipinski definition) is 7. The van der Waals surface area contributed by atoms with Crippen molar-refractivity contribution in [1.82, 2.24) is 15.3 Å². The van der Waals surface area contributed by atoms with Gasteiger partial charge >= 0.3 is 18.1 Å². The van der Waals surface area contributed by atoms with Crippen molar-refractivity contribution in [2.45, 2.75) is 12.1 Å². The summed E-state index contributed by atoms with van der Waals surface area (Å²) in [6.45, 7) is -2.03. The number of oxime groups is 1. The molecule has 1 amide bonds. The van der Waals surface area contributed by atoms with E-state index in [1.165, 1.54) is 7.05 Å². The maximum atomic E-state index is 13.7. The number of halogens is 6. The number of carbonyl (C=O) groups excluding carboxylic acids is 1. The Bertz CT molecular complexity index is 968. The Labute approximate surface area is 170 Å². The third kappa shape index (κ3) is 5.96. The standard InChI is InChI=1S/C17H14F6N4O4/c1-24-14(28)13(27-29-2)10-4-3-9(18)7-11(10)31-15-25-6-5-12(26-15)30-8-16(19,20)17(21,22)23/h3-7H,8H2,1-2H3,(H,24,28). The minimum absolute atomic E-state index is 0.0545. The van der Waals surface area contributed by atoms with Crippen molar-refractivity contribution in [3.63, 3.8) is 0 Å².